The molecule has 17 heavy (non-hydrogen) atoms. The van der Waals surface area contributed by atoms with Crippen LogP contribution in [0.1, 0.15) is 47.5 Å². The Bertz CT molecular complexity index is 233. The third-order valence-electron chi connectivity index (χ3n) is 3.21. The van der Waals surface area contributed by atoms with Gasteiger partial charge in [0, 0.05) is 13.2 Å². The fraction of sp³-hybridized carbons (Fsp3) is 1.00. The molecule has 1 fully saturated rings. The van der Waals surface area contributed by atoms with Crippen LogP contribution < -0.4 is 0 Å². The van der Waals surface area contributed by atoms with Crippen molar-refractivity contribution in [3.8, 4) is 0 Å². The number of hydrogen-bond acceptors (Lipinski definition) is 4. The minimum atomic E-state index is -0.837. The van der Waals surface area contributed by atoms with E-state index in [1.807, 2.05) is 27.7 Å². The molecule has 0 aromatic carbocycles. The van der Waals surface area contributed by atoms with Crippen LogP contribution in [0.2, 0.25) is 0 Å². The molecule has 0 radical (unpaired) electrons. The van der Waals surface area contributed by atoms with E-state index in [0.717, 1.165) is 12.8 Å². The minimum absolute atomic E-state index is 0.0880. The summed E-state index contributed by atoms with van der Waals surface area (Å²) < 4.78 is 23.4. The molecule has 1 saturated heterocycles. The third-order valence-corrected chi connectivity index (χ3v) is 3.21. The first-order valence-corrected chi connectivity index (χ1v) is 6.61. The van der Waals surface area contributed by atoms with Gasteiger partial charge in [-0.15, -0.1) is 0 Å². The molecule has 1 aliphatic heterocycles. The average Bonchev–Trinajstić information content (AvgIpc) is 2.25. The minimum Gasteiger partial charge on any atom is -0.346 e. The fourth-order valence-corrected chi connectivity index (χ4v) is 2.20. The Labute approximate surface area is 105 Å². The van der Waals surface area contributed by atoms with E-state index in [1.54, 1.807) is 0 Å². The van der Waals surface area contributed by atoms with Gasteiger partial charge in [0.1, 0.15) is 0 Å². The van der Waals surface area contributed by atoms with Gasteiger partial charge in [-0.3, -0.25) is 0 Å². The first kappa shape index (κ1) is 14.9. The smallest absolute Gasteiger partial charge is 0.220 e. The van der Waals surface area contributed by atoms with Gasteiger partial charge < -0.3 is 18.9 Å². The summed E-state index contributed by atoms with van der Waals surface area (Å²) in [4.78, 5) is 0. The third kappa shape index (κ3) is 3.19. The van der Waals surface area contributed by atoms with E-state index in [2.05, 4.69) is 6.92 Å². The molecule has 0 aromatic rings. The molecule has 0 spiro atoms. The fourth-order valence-electron chi connectivity index (χ4n) is 2.20. The Balaban J connectivity index is 2.79. The van der Waals surface area contributed by atoms with Gasteiger partial charge in [0.15, 0.2) is 0 Å². The van der Waals surface area contributed by atoms with Crippen LogP contribution in [0.4, 0.5) is 0 Å². The van der Waals surface area contributed by atoms with E-state index in [1.165, 1.54) is 0 Å². The predicted molar refractivity (Wildman–Crippen MR) is 65.8 cm³/mol. The highest BCUT2D eigenvalue weighted by Crippen LogP contribution is 2.38. The van der Waals surface area contributed by atoms with Crippen molar-refractivity contribution in [3.05, 3.63) is 0 Å². The van der Waals surface area contributed by atoms with Crippen LogP contribution in [0.3, 0.4) is 0 Å². The van der Waals surface area contributed by atoms with Crippen LogP contribution in [-0.4, -0.2) is 37.5 Å². The van der Waals surface area contributed by atoms with E-state index in [-0.39, 0.29) is 6.10 Å². The summed E-state index contributed by atoms with van der Waals surface area (Å²) in [5, 5.41) is 0. The van der Waals surface area contributed by atoms with E-state index < -0.39 is 11.6 Å². The molecule has 102 valence electrons. The van der Waals surface area contributed by atoms with Gasteiger partial charge in [-0.05, 0) is 34.1 Å². The highest BCUT2D eigenvalue weighted by atomic mass is 16.8. The molecule has 0 bridgehead atoms. The van der Waals surface area contributed by atoms with Crippen molar-refractivity contribution in [1.29, 1.82) is 0 Å². The maximum atomic E-state index is 6.05. The van der Waals surface area contributed by atoms with Crippen molar-refractivity contribution in [3.63, 3.8) is 0 Å². The summed E-state index contributed by atoms with van der Waals surface area (Å²) in [6, 6.07) is 0. The normalized spacial score (nSPS) is 38.3. The van der Waals surface area contributed by atoms with Gasteiger partial charge in [0.25, 0.3) is 0 Å². The van der Waals surface area contributed by atoms with Crippen LogP contribution in [0.5, 0.6) is 0 Å². The molecule has 0 aliphatic carbocycles. The second kappa shape index (κ2) is 6.14. The maximum Gasteiger partial charge on any atom is 0.220 e. The molecular formula is C13H26O4. The molecule has 1 aliphatic rings. The van der Waals surface area contributed by atoms with Gasteiger partial charge in [0.2, 0.25) is 11.6 Å². The lowest BCUT2D eigenvalue weighted by molar-refractivity contribution is -0.439. The Morgan fingerprint density at radius 1 is 1.06 bits per heavy atom. The summed E-state index contributed by atoms with van der Waals surface area (Å²) in [5.74, 6) is -1.67. The SMILES string of the molecule is CCCC1COC(C)(OCC)C(C)(OCC)O1. The van der Waals surface area contributed by atoms with Gasteiger partial charge in [-0.2, -0.15) is 0 Å². The van der Waals surface area contributed by atoms with Crippen molar-refractivity contribution >= 4 is 0 Å². The van der Waals surface area contributed by atoms with E-state index >= 15 is 0 Å². The lowest BCUT2D eigenvalue weighted by atomic mass is 10.1. The number of hydrogen-bond donors (Lipinski definition) is 0. The molecule has 3 atom stereocenters. The highest BCUT2D eigenvalue weighted by Gasteiger charge is 2.53. The zero-order valence-electron chi connectivity index (χ0n) is 11.7. The predicted octanol–water partition coefficient (Wildman–Crippen LogP) is 2.71. The topological polar surface area (TPSA) is 36.9 Å². The zero-order valence-corrected chi connectivity index (χ0v) is 11.7. The van der Waals surface area contributed by atoms with Crippen LogP contribution in [-0.2, 0) is 18.9 Å². The lowest BCUT2D eigenvalue weighted by Gasteiger charge is -2.49. The zero-order chi connectivity index (χ0) is 12.9. The first-order chi connectivity index (χ1) is 8.01. The molecule has 1 rings (SSSR count). The Kier molecular flexibility index (Phi) is 5.38. The molecule has 3 unspecified atom stereocenters. The molecule has 1 heterocycles. The quantitative estimate of drug-likeness (QED) is 0.722. The summed E-state index contributed by atoms with van der Waals surface area (Å²) in [7, 11) is 0. The number of ether oxygens (including phenoxy) is 4. The van der Waals surface area contributed by atoms with Crippen molar-refractivity contribution in [2.24, 2.45) is 0 Å². The van der Waals surface area contributed by atoms with E-state index in [4.69, 9.17) is 18.9 Å². The van der Waals surface area contributed by atoms with Crippen molar-refractivity contribution in [2.75, 3.05) is 19.8 Å². The van der Waals surface area contributed by atoms with E-state index in [9.17, 15) is 0 Å². The second-order valence-corrected chi connectivity index (χ2v) is 4.60. The van der Waals surface area contributed by atoms with Crippen LogP contribution in [0.25, 0.3) is 0 Å². The first-order valence-electron chi connectivity index (χ1n) is 6.61. The van der Waals surface area contributed by atoms with E-state index in [0.29, 0.717) is 19.8 Å². The summed E-state index contributed by atoms with van der Waals surface area (Å²) in [6.45, 7) is 11.5. The molecule has 0 N–H and O–H groups in total. The molecule has 0 saturated carbocycles. The highest BCUT2D eigenvalue weighted by molar-refractivity contribution is 4.87. The van der Waals surface area contributed by atoms with Gasteiger partial charge in [0.05, 0.1) is 12.7 Å². The van der Waals surface area contributed by atoms with Gasteiger partial charge >= 0.3 is 0 Å². The molecule has 0 amide bonds. The summed E-state index contributed by atoms with van der Waals surface area (Å²) in [6.07, 6.45) is 2.14. The van der Waals surface area contributed by atoms with Crippen LogP contribution >= 0.6 is 0 Å². The number of rotatable bonds is 6. The molecule has 4 heteroatoms. The lowest BCUT2D eigenvalue weighted by Crippen LogP contribution is -2.63. The largest absolute Gasteiger partial charge is 0.346 e. The molecule has 4 nitrogen and oxygen atoms in total. The van der Waals surface area contributed by atoms with Crippen molar-refractivity contribution < 1.29 is 18.9 Å². The Hall–Kier alpha value is -0.160. The molecule has 0 aromatic heterocycles. The summed E-state index contributed by atoms with van der Waals surface area (Å²) in [5.41, 5.74) is 0. The Morgan fingerprint density at radius 2 is 1.65 bits per heavy atom. The second-order valence-electron chi connectivity index (χ2n) is 4.60. The molecular weight excluding hydrogens is 220 g/mol. The Morgan fingerprint density at radius 3 is 2.18 bits per heavy atom. The maximum absolute atomic E-state index is 6.05. The average molecular weight is 246 g/mol. The van der Waals surface area contributed by atoms with Crippen molar-refractivity contribution in [2.45, 2.75) is 65.1 Å². The van der Waals surface area contributed by atoms with Gasteiger partial charge in [-0.1, -0.05) is 13.3 Å². The van der Waals surface area contributed by atoms with Crippen molar-refractivity contribution in [1.82, 2.24) is 0 Å². The van der Waals surface area contributed by atoms with Gasteiger partial charge in [-0.25, -0.2) is 0 Å². The van der Waals surface area contributed by atoms with Crippen LogP contribution in [0, 0.1) is 0 Å². The monoisotopic (exact) mass is 246 g/mol. The standard InChI is InChI=1S/C13H26O4/c1-6-9-11-10-16-12(4,14-7-2)13(5,17-11)15-8-3/h11H,6-10H2,1-5H3. The van der Waals surface area contributed by atoms with Crippen LogP contribution in [0.15, 0.2) is 0 Å². The summed E-state index contributed by atoms with van der Waals surface area (Å²) >= 11 is 0.